The molecule has 0 bridgehead atoms. The highest BCUT2D eigenvalue weighted by molar-refractivity contribution is 7.99. The normalized spacial score (nSPS) is 11.7. The van der Waals surface area contributed by atoms with Gasteiger partial charge in [-0.2, -0.15) is 5.10 Å². The van der Waals surface area contributed by atoms with E-state index in [-0.39, 0.29) is 17.1 Å². The van der Waals surface area contributed by atoms with Crippen LogP contribution in [0.3, 0.4) is 0 Å². The first kappa shape index (κ1) is 21.8. The fraction of sp³-hybridized carbons (Fsp3) is 0.304. The van der Waals surface area contributed by atoms with Crippen molar-refractivity contribution in [3.05, 3.63) is 65.7 Å². The van der Waals surface area contributed by atoms with Gasteiger partial charge in [-0.25, -0.2) is 5.43 Å². The molecule has 7 heteroatoms. The molecular weight excluding hydrogens is 394 g/mol. The van der Waals surface area contributed by atoms with Crippen LogP contribution in [0.5, 0.6) is 0 Å². The maximum absolute atomic E-state index is 12.1. The lowest BCUT2D eigenvalue weighted by Gasteiger charge is -2.19. The number of nitrogens with zero attached hydrogens (tertiary/aromatic N) is 4. The quantitative estimate of drug-likeness (QED) is 0.346. The van der Waals surface area contributed by atoms with E-state index in [1.165, 1.54) is 17.3 Å². The molecule has 0 unspecified atom stereocenters. The number of rotatable bonds is 7. The van der Waals surface area contributed by atoms with E-state index < -0.39 is 0 Å². The lowest BCUT2D eigenvalue weighted by molar-refractivity contribution is -0.118. The minimum Gasteiger partial charge on any atom is -0.302 e. The predicted octanol–water partition coefficient (Wildman–Crippen LogP) is 4.50. The summed E-state index contributed by atoms with van der Waals surface area (Å²) >= 11 is 1.35. The van der Waals surface area contributed by atoms with Crippen LogP contribution in [0.4, 0.5) is 0 Å². The molecule has 0 aliphatic rings. The molecule has 0 aliphatic heterocycles. The lowest BCUT2D eigenvalue weighted by atomic mass is 9.87. The van der Waals surface area contributed by atoms with Gasteiger partial charge in [-0.15, -0.1) is 10.2 Å². The summed E-state index contributed by atoms with van der Waals surface area (Å²) in [6.07, 6.45) is 1.62. The molecule has 1 heterocycles. The Labute approximate surface area is 181 Å². The molecule has 0 atom stereocenters. The number of hydrogen-bond acceptors (Lipinski definition) is 5. The van der Waals surface area contributed by atoms with Crippen LogP contribution in [0.25, 0.3) is 11.4 Å². The zero-order valence-electron chi connectivity index (χ0n) is 17.8. The molecule has 1 N–H and O–H groups in total. The third-order valence-electron chi connectivity index (χ3n) is 4.58. The number of amides is 1. The van der Waals surface area contributed by atoms with Crippen molar-refractivity contribution < 1.29 is 4.79 Å². The summed E-state index contributed by atoms with van der Waals surface area (Å²) in [5, 5.41) is 13.4. The second-order valence-corrected chi connectivity index (χ2v) is 8.81. The second kappa shape index (κ2) is 9.71. The third kappa shape index (κ3) is 5.57. The van der Waals surface area contributed by atoms with Gasteiger partial charge in [-0.05, 0) is 23.5 Å². The highest BCUT2D eigenvalue weighted by atomic mass is 32.2. The number of benzene rings is 2. The fourth-order valence-electron chi connectivity index (χ4n) is 2.89. The van der Waals surface area contributed by atoms with Gasteiger partial charge in [0.15, 0.2) is 11.0 Å². The largest absolute Gasteiger partial charge is 0.302 e. The van der Waals surface area contributed by atoms with Crippen molar-refractivity contribution in [1.82, 2.24) is 20.2 Å². The van der Waals surface area contributed by atoms with Crippen LogP contribution in [-0.2, 0) is 16.8 Å². The van der Waals surface area contributed by atoms with E-state index in [2.05, 4.69) is 65.8 Å². The first-order valence-electron chi connectivity index (χ1n) is 9.92. The zero-order valence-corrected chi connectivity index (χ0v) is 18.6. The molecule has 0 radical (unpaired) electrons. The Kier molecular flexibility index (Phi) is 7.05. The highest BCUT2D eigenvalue weighted by Gasteiger charge is 2.17. The monoisotopic (exact) mass is 421 g/mol. The van der Waals surface area contributed by atoms with E-state index in [4.69, 9.17) is 0 Å². The molecule has 6 nitrogen and oxygen atoms in total. The van der Waals surface area contributed by atoms with E-state index in [0.717, 1.165) is 28.7 Å². The molecule has 0 saturated carbocycles. The molecule has 30 heavy (non-hydrogen) atoms. The Hall–Kier alpha value is -2.93. The number of carbonyl (C=O) groups excluding carboxylic acids is 1. The molecule has 2 aromatic carbocycles. The number of nitrogens with one attached hydrogen (secondary N) is 1. The first-order valence-corrected chi connectivity index (χ1v) is 10.9. The van der Waals surface area contributed by atoms with Crippen LogP contribution < -0.4 is 5.43 Å². The summed E-state index contributed by atoms with van der Waals surface area (Å²) < 4.78 is 2.03. The molecule has 1 aromatic heterocycles. The van der Waals surface area contributed by atoms with Gasteiger partial charge in [0.25, 0.3) is 5.91 Å². The Balaban J connectivity index is 1.63. The van der Waals surface area contributed by atoms with Crippen LogP contribution in [0.1, 0.15) is 38.8 Å². The molecular formula is C23H27N5OS. The minimum absolute atomic E-state index is 0.105. The molecule has 3 rings (SSSR count). The maximum atomic E-state index is 12.1. The molecule has 156 valence electrons. The standard InChI is InChI=1S/C23H27N5OS/c1-5-28-21(18-11-13-19(14-12-18)23(2,3)4)26-27-22(28)30-16-20(29)25-24-15-17-9-7-6-8-10-17/h6-15H,5,16H2,1-4H3,(H,25,29)/b24-15-. The van der Waals surface area contributed by atoms with Crippen LogP contribution in [0.2, 0.25) is 0 Å². The molecule has 1 amide bonds. The number of thioether (sulfide) groups is 1. The maximum Gasteiger partial charge on any atom is 0.250 e. The van der Waals surface area contributed by atoms with Gasteiger partial charge in [0.1, 0.15) is 0 Å². The molecule has 0 fully saturated rings. The predicted molar refractivity (Wildman–Crippen MR) is 123 cm³/mol. The van der Waals surface area contributed by atoms with E-state index in [9.17, 15) is 4.79 Å². The van der Waals surface area contributed by atoms with Crippen molar-refractivity contribution in [2.75, 3.05) is 5.75 Å². The van der Waals surface area contributed by atoms with Gasteiger partial charge in [-0.1, -0.05) is 87.1 Å². The van der Waals surface area contributed by atoms with E-state index in [1.807, 2.05) is 41.8 Å². The van der Waals surface area contributed by atoms with Gasteiger partial charge < -0.3 is 4.57 Å². The number of carbonyl (C=O) groups is 1. The number of hydrazone groups is 1. The Morgan fingerprint density at radius 2 is 1.80 bits per heavy atom. The SMILES string of the molecule is CCn1c(SCC(=O)N/N=C\c2ccccc2)nnc1-c1ccc(C(C)(C)C)cc1. The highest BCUT2D eigenvalue weighted by Crippen LogP contribution is 2.27. The van der Waals surface area contributed by atoms with Gasteiger partial charge in [0.05, 0.1) is 12.0 Å². The third-order valence-corrected chi connectivity index (χ3v) is 5.54. The average Bonchev–Trinajstić information content (AvgIpc) is 3.15. The summed E-state index contributed by atoms with van der Waals surface area (Å²) in [6, 6.07) is 18.0. The van der Waals surface area contributed by atoms with Gasteiger partial charge in [0.2, 0.25) is 0 Å². The Morgan fingerprint density at radius 1 is 1.10 bits per heavy atom. The summed E-state index contributed by atoms with van der Waals surface area (Å²) in [5.41, 5.74) is 5.87. The lowest BCUT2D eigenvalue weighted by Crippen LogP contribution is -2.20. The summed E-state index contributed by atoms with van der Waals surface area (Å²) in [4.78, 5) is 12.1. The minimum atomic E-state index is -0.186. The van der Waals surface area contributed by atoms with Gasteiger partial charge in [-0.3, -0.25) is 4.79 Å². The number of hydrogen-bond donors (Lipinski definition) is 1. The number of aromatic nitrogens is 3. The van der Waals surface area contributed by atoms with Crippen molar-refractivity contribution in [3.63, 3.8) is 0 Å². The molecule has 0 spiro atoms. The van der Waals surface area contributed by atoms with Crippen LogP contribution in [0, 0.1) is 0 Å². The average molecular weight is 422 g/mol. The van der Waals surface area contributed by atoms with Crippen molar-refractivity contribution in [2.45, 2.75) is 44.8 Å². The molecule has 3 aromatic rings. The van der Waals surface area contributed by atoms with E-state index >= 15 is 0 Å². The second-order valence-electron chi connectivity index (χ2n) is 7.87. The van der Waals surface area contributed by atoms with Crippen LogP contribution in [0.15, 0.2) is 64.9 Å². The van der Waals surface area contributed by atoms with E-state index in [0.29, 0.717) is 0 Å². The van der Waals surface area contributed by atoms with Crippen molar-refractivity contribution in [1.29, 1.82) is 0 Å². The fourth-order valence-corrected chi connectivity index (χ4v) is 3.69. The van der Waals surface area contributed by atoms with Crippen molar-refractivity contribution in [3.8, 4) is 11.4 Å². The van der Waals surface area contributed by atoms with Gasteiger partial charge in [0, 0.05) is 12.1 Å². The molecule has 0 saturated heterocycles. The van der Waals surface area contributed by atoms with E-state index in [1.54, 1.807) is 6.21 Å². The topological polar surface area (TPSA) is 72.2 Å². The Morgan fingerprint density at radius 3 is 2.43 bits per heavy atom. The van der Waals surface area contributed by atoms with Crippen LogP contribution in [-0.4, -0.2) is 32.6 Å². The van der Waals surface area contributed by atoms with Crippen molar-refractivity contribution >= 4 is 23.9 Å². The van der Waals surface area contributed by atoms with Crippen molar-refractivity contribution in [2.24, 2.45) is 5.10 Å². The summed E-state index contributed by atoms with van der Waals surface area (Å²) in [5.74, 6) is 0.838. The summed E-state index contributed by atoms with van der Waals surface area (Å²) in [7, 11) is 0. The smallest absolute Gasteiger partial charge is 0.250 e. The zero-order chi connectivity index (χ0) is 21.6. The summed E-state index contributed by atoms with van der Waals surface area (Å²) in [6.45, 7) is 9.35. The van der Waals surface area contributed by atoms with Crippen LogP contribution >= 0.6 is 11.8 Å². The van der Waals surface area contributed by atoms with Gasteiger partial charge >= 0.3 is 0 Å². The first-order chi connectivity index (χ1) is 14.4. The molecule has 0 aliphatic carbocycles. The Bertz CT molecular complexity index is 1000.